The lowest BCUT2D eigenvalue weighted by molar-refractivity contribution is -0.906. The standard InChI is InChI=1S/C15H20ClN3O3/c1-11-12(16)3-2-4-13(11)18-15(21)14(20)17-5-6-19-7-9-22-10-8-19/h2-4H,5-10H2,1H3,(H,17,20)(H,18,21)/p+1. The van der Waals surface area contributed by atoms with E-state index in [-0.39, 0.29) is 0 Å². The van der Waals surface area contributed by atoms with Gasteiger partial charge < -0.3 is 20.3 Å². The zero-order valence-corrected chi connectivity index (χ0v) is 13.3. The molecule has 0 spiro atoms. The fraction of sp³-hybridized carbons (Fsp3) is 0.467. The minimum absolute atomic E-state index is 0.468. The van der Waals surface area contributed by atoms with E-state index < -0.39 is 11.8 Å². The van der Waals surface area contributed by atoms with Gasteiger partial charge in [0, 0.05) is 10.7 Å². The normalized spacial score (nSPS) is 15.4. The van der Waals surface area contributed by atoms with E-state index in [1.165, 1.54) is 4.90 Å². The first kappa shape index (κ1) is 16.7. The van der Waals surface area contributed by atoms with E-state index in [0.29, 0.717) is 17.3 Å². The highest BCUT2D eigenvalue weighted by Gasteiger charge is 2.17. The molecule has 3 N–H and O–H groups in total. The van der Waals surface area contributed by atoms with Crippen molar-refractivity contribution in [2.24, 2.45) is 0 Å². The molecule has 7 heteroatoms. The van der Waals surface area contributed by atoms with Crippen molar-refractivity contribution < 1.29 is 19.2 Å². The van der Waals surface area contributed by atoms with E-state index >= 15 is 0 Å². The van der Waals surface area contributed by atoms with E-state index in [2.05, 4.69) is 10.6 Å². The molecule has 0 bridgehead atoms. The van der Waals surface area contributed by atoms with E-state index in [9.17, 15) is 9.59 Å². The van der Waals surface area contributed by atoms with Crippen LogP contribution in [0.25, 0.3) is 0 Å². The maximum atomic E-state index is 11.9. The molecule has 2 rings (SSSR count). The number of anilines is 1. The Bertz CT molecular complexity index is 545. The van der Waals surface area contributed by atoms with Crippen LogP contribution in [0.2, 0.25) is 5.02 Å². The van der Waals surface area contributed by atoms with Crippen LogP contribution >= 0.6 is 11.6 Å². The number of amides is 2. The molecule has 22 heavy (non-hydrogen) atoms. The molecule has 1 aromatic carbocycles. The van der Waals surface area contributed by atoms with Gasteiger partial charge in [-0.05, 0) is 24.6 Å². The lowest BCUT2D eigenvalue weighted by Crippen LogP contribution is -3.14. The quantitative estimate of drug-likeness (QED) is 0.660. The van der Waals surface area contributed by atoms with Crippen molar-refractivity contribution in [1.29, 1.82) is 0 Å². The van der Waals surface area contributed by atoms with Crippen LogP contribution in [0.5, 0.6) is 0 Å². The highest BCUT2D eigenvalue weighted by molar-refractivity contribution is 6.40. The maximum absolute atomic E-state index is 11.9. The Balaban J connectivity index is 1.77. The smallest absolute Gasteiger partial charge is 0.313 e. The summed E-state index contributed by atoms with van der Waals surface area (Å²) >= 11 is 5.98. The number of morpholine rings is 1. The van der Waals surface area contributed by atoms with Gasteiger partial charge in [-0.15, -0.1) is 0 Å². The van der Waals surface area contributed by atoms with Crippen LogP contribution in [0, 0.1) is 6.92 Å². The number of carbonyl (C=O) groups is 2. The van der Waals surface area contributed by atoms with Crippen molar-refractivity contribution in [1.82, 2.24) is 5.32 Å². The van der Waals surface area contributed by atoms with Crippen molar-refractivity contribution in [3.05, 3.63) is 28.8 Å². The Morgan fingerprint density at radius 2 is 2.00 bits per heavy atom. The summed E-state index contributed by atoms with van der Waals surface area (Å²) in [6, 6.07) is 5.17. The summed E-state index contributed by atoms with van der Waals surface area (Å²) in [4.78, 5) is 25.0. The molecule has 0 aromatic heterocycles. The second kappa shape index (κ2) is 8.12. The van der Waals surface area contributed by atoms with Gasteiger partial charge in [0.2, 0.25) is 0 Å². The van der Waals surface area contributed by atoms with Crippen LogP contribution in [0.15, 0.2) is 18.2 Å². The highest BCUT2D eigenvalue weighted by Crippen LogP contribution is 2.22. The van der Waals surface area contributed by atoms with Gasteiger partial charge in [0.15, 0.2) is 0 Å². The number of hydrogen-bond donors (Lipinski definition) is 3. The number of halogens is 1. The van der Waals surface area contributed by atoms with Crippen LogP contribution in [0.4, 0.5) is 5.69 Å². The average molecular weight is 327 g/mol. The Labute approximate surface area is 134 Å². The number of hydrogen-bond acceptors (Lipinski definition) is 3. The predicted molar refractivity (Wildman–Crippen MR) is 84.2 cm³/mol. The molecule has 1 aliphatic rings. The lowest BCUT2D eigenvalue weighted by Gasteiger charge is -2.23. The summed E-state index contributed by atoms with van der Waals surface area (Å²) in [5.74, 6) is -1.31. The third-order valence-corrected chi connectivity index (χ3v) is 4.10. The summed E-state index contributed by atoms with van der Waals surface area (Å²) < 4.78 is 5.27. The summed E-state index contributed by atoms with van der Waals surface area (Å²) in [7, 11) is 0. The molecule has 0 saturated carbocycles. The fourth-order valence-electron chi connectivity index (χ4n) is 2.27. The van der Waals surface area contributed by atoms with Crippen LogP contribution in [0.3, 0.4) is 0 Å². The molecule has 6 nitrogen and oxygen atoms in total. The van der Waals surface area contributed by atoms with E-state index in [4.69, 9.17) is 16.3 Å². The molecule has 1 saturated heterocycles. The van der Waals surface area contributed by atoms with Gasteiger partial charge in [-0.25, -0.2) is 0 Å². The first-order valence-corrected chi connectivity index (χ1v) is 7.71. The maximum Gasteiger partial charge on any atom is 0.313 e. The topological polar surface area (TPSA) is 71.9 Å². The highest BCUT2D eigenvalue weighted by atomic mass is 35.5. The number of ether oxygens (including phenoxy) is 1. The molecule has 2 amide bonds. The summed E-state index contributed by atoms with van der Waals surface area (Å²) in [6.07, 6.45) is 0. The summed E-state index contributed by atoms with van der Waals surface area (Å²) in [5, 5.41) is 5.77. The average Bonchev–Trinajstić information content (AvgIpc) is 2.52. The van der Waals surface area contributed by atoms with Gasteiger partial charge in [0.25, 0.3) is 0 Å². The molecule has 1 aromatic rings. The molecule has 1 heterocycles. The first-order chi connectivity index (χ1) is 10.6. The fourth-order valence-corrected chi connectivity index (χ4v) is 2.44. The van der Waals surface area contributed by atoms with E-state index in [1.807, 2.05) is 0 Å². The Kier molecular flexibility index (Phi) is 6.18. The number of carbonyl (C=O) groups excluding carboxylic acids is 2. The number of rotatable bonds is 4. The van der Waals surface area contributed by atoms with Crippen molar-refractivity contribution >= 4 is 29.1 Å². The molecular weight excluding hydrogens is 306 g/mol. The molecular formula is C15H21ClN3O3+. The minimum atomic E-state index is -0.678. The van der Waals surface area contributed by atoms with Crippen LogP contribution in [0.1, 0.15) is 5.56 Å². The first-order valence-electron chi connectivity index (χ1n) is 7.33. The van der Waals surface area contributed by atoms with Gasteiger partial charge in [0.05, 0.1) is 26.3 Å². The Morgan fingerprint density at radius 1 is 1.27 bits per heavy atom. The molecule has 0 unspecified atom stereocenters. The van der Waals surface area contributed by atoms with Gasteiger partial charge in [-0.1, -0.05) is 17.7 Å². The molecule has 120 valence electrons. The number of nitrogens with one attached hydrogen (secondary N) is 3. The third-order valence-electron chi connectivity index (χ3n) is 3.69. The van der Waals surface area contributed by atoms with E-state index in [0.717, 1.165) is 38.4 Å². The largest absolute Gasteiger partial charge is 0.370 e. The van der Waals surface area contributed by atoms with Gasteiger partial charge in [-0.3, -0.25) is 9.59 Å². The number of quaternary nitrogens is 1. The molecule has 0 atom stereocenters. The van der Waals surface area contributed by atoms with Crippen molar-refractivity contribution in [2.45, 2.75) is 6.92 Å². The monoisotopic (exact) mass is 326 g/mol. The van der Waals surface area contributed by atoms with Gasteiger partial charge in [-0.2, -0.15) is 0 Å². The SMILES string of the molecule is Cc1c(Cl)cccc1NC(=O)C(=O)NCC[NH+]1CCOCC1. The zero-order chi connectivity index (χ0) is 15.9. The molecule has 0 radical (unpaired) electrons. The van der Waals surface area contributed by atoms with Crippen LogP contribution in [-0.2, 0) is 14.3 Å². The molecule has 0 aliphatic carbocycles. The second-order valence-corrected chi connectivity index (χ2v) is 5.64. The minimum Gasteiger partial charge on any atom is -0.370 e. The molecule has 1 fully saturated rings. The molecule has 1 aliphatic heterocycles. The Morgan fingerprint density at radius 3 is 2.73 bits per heavy atom. The summed E-state index contributed by atoms with van der Waals surface area (Å²) in [5.41, 5.74) is 1.29. The lowest BCUT2D eigenvalue weighted by atomic mass is 10.2. The Hall–Kier alpha value is -1.63. The van der Waals surface area contributed by atoms with Crippen molar-refractivity contribution in [3.63, 3.8) is 0 Å². The van der Waals surface area contributed by atoms with Crippen LogP contribution < -0.4 is 15.5 Å². The number of benzene rings is 1. The van der Waals surface area contributed by atoms with Crippen molar-refractivity contribution in [2.75, 3.05) is 44.7 Å². The van der Waals surface area contributed by atoms with Gasteiger partial charge in [0.1, 0.15) is 13.1 Å². The van der Waals surface area contributed by atoms with Crippen LogP contribution in [-0.4, -0.2) is 51.2 Å². The zero-order valence-electron chi connectivity index (χ0n) is 12.6. The predicted octanol–water partition coefficient (Wildman–Crippen LogP) is -0.382. The third kappa shape index (κ3) is 4.69. The van der Waals surface area contributed by atoms with E-state index in [1.54, 1.807) is 25.1 Å². The van der Waals surface area contributed by atoms with Crippen molar-refractivity contribution in [3.8, 4) is 0 Å². The summed E-state index contributed by atoms with van der Waals surface area (Å²) in [6.45, 7) is 6.41. The second-order valence-electron chi connectivity index (χ2n) is 5.23. The van der Waals surface area contributed by atoms with Gasteiger partial charge >= 0.3 is 11.8 Å².